The van der Waals surface area contributed by atoms with Crippen LogP contribution in [0.5, 0.6) is 0 Å². The van der Waals surface area contributed by atoms with Crippen LogP contribution in [0.4, 0.5) is 0 Å². The van der Waals surface area contributed by atoms with Crippen molar-refractivity contribution >= 4 is 23.3 Å². The van der Waals surface area contributed by atoms with E-state index in [9.17, 15) is 9.59 Å². The van der Waals surface area contributed by atoms with E-state index >= 15 is 0 Å². The van der Waals surface area contributed by atoms with Gasteiger partial charge < -0.3 is 4.90 Å². The van der Waals surface area contributed by atoms with E-state index in [1.54, 1.807) is 11.0 Å². The van der Waals surface area contributed by atoms with Gasteiger partial charge in [-0.1, -0.05) is 13.0 Å². The third-order valence-corrected chi connectivity index (χ3v) is 3.90. The molecule has 0 spiro atoms. The van der Waals surface area contributed by atoms with Gasteiger partial charge in [0.1, 0.15) is 11.2 Å². The predicted molar refractivity (Wildman–Crippen MR) is 64.4 cm³/mol. The van der Waals surface area contributed by atoms with Gasteiger partial charge in [-0.15, -0.1) is 18.2 Å². The van der Waals surface area contributed by atoms with Crippen LogP contribution in [0.3, 0.4) is 0 Å². The first-order chi connectivity index (χ1) is 7.54. The highest BCUT2D eigenvalue weighted by Crippen LogP contribution is 2.41. The standard InChI is InChI=1S/C12H18ClNO2/c1-4-6-14-8-10(7-13)12(5-2,9(3)15)11(14)16/h4,10H,1,5-8H2,2-3H3/t10-,12+/m0/s1. The summed E-state index contributed by atoms with van der Waals surface area (Å²) in [5.41, 5.74) is -0.898. The number of likely N-dealkylation sites (tertiary alicyclic amines) is 1. The summed E-state index contributed by atoms with van der Waals surface area (Å²) in [7, 11) is 0. The maximum atomic E-state index is 12.3. The van der Waals surface area contributed by atoms with E-state index in [1.807, 2.05) is 6.92 Å². The molecule has 1 fully saturated rings. The van der Waals surface area contributed by atoms with Crippen LogP contribution in [-0.4, -0.2) is 35.6 Å². The van der Waals surface area contributed by atoms with Gasteiger partial charge >= 0.3 is 0 Å². The number of hydrogen-bond donors (Lipinski definition) is 0. The lowest BCUT2D eigenvalue weighted by molar-refractivity contribution is -0.144. The maximum absolute atomic E-state index is 12.3. The van der Waals surface area contributed by atoms with Gasteiger partial charge in [-0.3, -0.25) is 9.59 Å². The van der Waals surface area contributed by atoms with Crippen molar-refractivity contribution in [3.8, 4) is 0 Å². The Morgan fingerprint density at radius 3 is 2.69 bits per heavy atom. The third kappa shape index (κ3) is 1.77. The fraction of sp³-hybridized carbons (Fsp3) is 0.667. The highest BCUT2D eigenvalue weighted by atomic mass is 35.5. The summed E-state index contributed by atoms with van der Waals surface area (Å²) in [4.78, 5) is 25.7. The van der Waals surface area contributed by atoms with Crippen molar-refractivity contribution in [2.75, 3.05) is 19.0 Å². The monoisotopic (exact) mass is 243 g/mol. The number of amides is 1. The zero-order valence-corrected chi connectivity index (χ0v) is 10.6. The third-order valence-electron chi connectivity index (χ3n) is 3.53. The van der Waals surface area contributed by atoms with E-state index in [4.69, 9.17) is 11.6 Å². The Balaban J connectivity index is 3.09. The van der Waals surface area contributed by atoms with Crippen LogP contribution in [0.15, 0.2) is 12.7 Å². The Bertz CT molecular complexity index is 316. The molecule has 0 saturated carbocycles. The van der Waals surface area contributed by atoms with E-state index in [0.29, 0.717) is 25.4 Å². The van der Waals surface area contributed by atoms with Crippen LogP contribution in [-0.2, 0) is 9.59 Å². The molecule has 0 N–H and O–H groups in total. The van der Waals surface area contributed by atoms with Crippen LogP contribution in [0, 0.1) is 11.3 Å². The molecule has 90 valence electrons. The van der Waals surface area contributed by atoms with Crippen LogP contribution in [0.2, 0.25) is 0 Å². The molecule has 0 unspecified atom stereocenters. The molecule has 1 saturated heterocycles. The summed E-state index contributed by atoms with van der Waals surface area (Å²) < 4.78 is 0. The molecule has 1 amide bonds. The van der Waals surface area contributed by atoms with Crippen molar-refractivity contribution in [1.82, 2.24) is 4.90 Å². The van der Waals surface area contributed by atoms with E-state index < -0.39 is 5.41 Å². The molecular formula is C12H18ClNO2. The summed E-state index contributed by atoms with van der Waals surface area (Å²) in [6, 6.07) is 0. The summed E-state index contributed by atoms with van der Waals surface area (Å²) in [6.07, 6.45) is 2.20. The first-order valence-corrected chi connectivity index (χ1v) is 6.05. The Morgan fingerprint density at radius 1 is 1.75 bits per heavy atom. The van der Waals surface area contributed by atoms with E-state index in [2.05, 4.69) is 6.58 Å². The second kappa shape index (κ2) is 5.00. The summed E-state index contributed by atoms with van der Waals surface area (Å²) in [6.45, 7) is 8.02. The largest absolute Gasteiger partial charge is 0.338 e. The predicted octanol–water partition coefficient (Wildman–Crippen LogP) is 1.85. The first kappa shape index (κ1) is 13.2. The smallest absolute Gasteiger partial charge is 0.236 e. The molecule has 1 aliphatic rings. The van der Waals surface area contributed by atoms with Crippen molar-refractivity contribution in [2.24, 2.45) is 11.3 Å². The lowest BCUT2D eigenvalue weighted by Gasteiger charge is -2.27. The average Bonchev–Trinajstić information content (AvgIpc) is 2.53. The lowest BCUT2D eigenvalue weighted by Crippen LogP contribution is -2.42. The van der Waals surface area contributed by atoms with Crippen molar-refractivity contribution in [3.63, 3.8) is 0 Å². The average molecular weight is 244 g/mol. The normalized spacial score (nSPS) is 29.6. The number of carbonyl (C=O) groups excluding carboxylic acids is 2. The molecular weight excluding hydrogens is 226 g/mol. The number of carbonyl (C=O) groups is 2. The fourth-order valence-corrected chi connectivity index (χ4v) is 2.94. The molecule has 1 heterocycles. The number of halogens is 1. The number of ketones is 1. The SMILES string of the molecule is C=CCN1C[C@H](CCl)[C@@](CC)(C(C)=O)C1=O. The highest BCUT2D eigenvalue weighted by molar-refractivity contribution is 6.19. The topological polar surface area (TPSA) is 37.4 Å². The molecule has 3 nitrogen and oxygen atoms in total. The zero-order valence-electron chi connectivity index (χ0n) is 9.83. The zero-order chi connectivity index (χ0) is 12.3. The van der Waals surface area contributed by atoms with Gasteiger partial charge in [0.2, 0.25) is 5.91 Å². The van der Waals surface area contributed by atoms with E-state index in [1.165, 1.54) is 6.92 Å². The van der Waals surface area contributed by atoms with Gasteiger partial charge in [-0.25, -0.2) is 0 Å². The number of rotatable bonds is 5. The summed E-state index contributed by atoms with van der Waals surface area (Å²) in [5.74, 6) is 0.0988. The Kier molecular flexibility index (Phi) is 4.14. The number of alkyl halides is 1. The number of nitrogens with zero attached hydrogens (tertiary/aromatic N) is 1. The minimum Gasteiger partial charge on any atom is -0.338 e. The molecule has 1 rings (SSSR count). The highest BCUT2D eigenvalue weighted by Gasteiger charge is 2.55. The Labute approximate surface area is 101 Å². The summed E-state index contributed by atoms with van der Waals surface area (Å²) in [5, 5.41) is 0. The molecule has 0 radical (unpaired) electrons. The van der Waals surface area contributed by atoms with Gasteiger partial charge in [0.05, 0.1) is 0 Å². The lowest BCUT2D eigenvalue weighted by atomic mass is 9.73. The van der Waals surface area contributed by atoms with Crippen LogP contribution >= 0.6 is 11.6 Å². The van der Waals surface area contributed by atoms with Gasteiger partial charge in [0, 0.05) is 24.9 Å². The molecule has 0 aromatic heterocycles. The van der Waals surface area contributed by atoms with E-state index in [-0.39, 0.29) is 17.6 Å². The Morgan fingerprint density at radius 2 is 2.38 bits per heavy atom. The molecule has 0 bridgehead atoms. The summed E-state index contributed by atoms with van der Waals surface area (Å²) >= 11 is 5.89. The molecule has 0 aliphatic carbocycles. The molecule has 0 aromatic carbocycles. The minimum atomic E-state index is -0.898. The molecule has 0 aromatic rings. The number of hydrogen-bond acceptors (Lipinski definition) is 2. The van der Waals surface area contributed by atoms with Crippen molar-refractivity contribution in [1.29, 1.82) is 0 Å². The van der Waals surface area contributed by atoms with Gasteiger partial charge in [0.15, 0.2) is 0 Å². The van der Waals surface area contributed by atoms with Gasteiger partial charge in [0.25, 0.3) is 0 Å². The van der Waals surface area contributed by atoms with Crippen LogP contribution < -0.4 is 0 Å². The molecule has 1 aliphatic heterocycles. The fourth-order valence-electron chi connectivity index (χ4n) is 2.58. The molecule has 4 heteroatoms. The molecule has 16 heavy (non-hydrogen) atoms. The molecule has 2 atom stereocenters. The maximum Gasteiger partial charge on any atom is 0.236 e. The first-order valence-electron chi connectivity index (χ1n) is 5.51. The van der Waals surface area contributed by atoms with Crippen LogP contribution in [0.25, 0.3) is 0 Å². The van der Waals surface area contributed by atoms with Crippen LogP contribution in [0.1, 0.15) is 20.3 Å². The Hall–Kier alpha value is -0.830. The van der Waals surface area contributed by atoms with Crippen molar-refractivity contribution in [2.45, 2.75) is 20.3 Å². The van der Waals surface area contributed by atoms with Crippen molar-refractivity contribution in [3.05, 3.63) is 12.7 Å². The van der Waals surface area contributed by atoms with Crippen molar-refractivity contribution < 1.29 is 9.59 Å². The van der Waals surface area contributed by atoms with E-state index in [0.717, 1.165) is 0 Å². The second-order valence-electron chi connectivity index (χ2n) is 4.23. The minimum absolute atomic E-state index is 0.0720. The van der Waals surface area contributed by atoms with Gasteiger partial charge in [-0.2, -0.15) is 0 Å². The quantitative estimate of drug-likeness (QED) is 0.420. The second-order valence-corrected chi connectivity index (χ2v) is 4.54. The van der Waals surface area contributed by atoms with Gasteiger partial charge in [-0.05, 0) is 13.3 Å². The number of Topliss-reactive ketones (excluding diaryl/α,β-unsaturated/α-hetero) is 1.